The lowest BCUT2D eigenvalue weighted by Gasteiger charge is -2.27. The molecule has 5 N–H and O–H groups in total. The van der Waals surface area contributed by atoms with Crippen LogP contribution >= 0.6 is 0 Å². The standard InChI is InChI=1S/C12H22N2O5/c1-12(2,3)9(13)10(17)14-7(11(18)19)5-4-6-8(15)16/h7,9H,4-6,13H2,1-3H3,(H,14,17)(H,15,16)(H,18,19)/t7-,9+/m1/s1. The Hall–Kier alpha value is -1.63. The van der Waals surface area contributed by atoms with Crippen molar-refractivity contribution in [2.75, 3.05) is 0 Å². The van der Waals surface area contributed by atoms with Gasteiger partial charge in [0.25, 0.3) is 0 Å². The maximum atomic E-state index is 11.8. The molecule has 0 aliphatic rings. The molecule has 0 heterocycles. The molecule has 0 saturated carbocycles. The van der Waals surface area contributed by atoms with Crippen LogP contribution in [0.4, 0.5) is 0 Å². The number of hydrogen-bond acceptors (Lipinski definition) is 4. The Morgan fingerprint density at radius 1 is 1.21 bits per heavy atom. The summed E-state index contributed by atoms with van der Waals surface area (Å²) in [4.78, 5) is 33.1. The van der Waals surface area contributed by atoms with Crippen LogP contribution < -0.4 is 11.1 Å². The lowest BCUT2D eigenvalue weighted by atomic mass is 9.86. The molecular weight excluding hydrogens is 252 g/mol. The van der Waals surface area contributed by atoms with E-state index in [4.69, 9.17) is 15.9 Å². The summed E-state index contributed by atoms with van der Waals surface area (Å²) in [7, 11) is 0. The first-order valence-electron chi connectivity index (χ1n) is 6.06. The number of carboxylic acid groups (broad SMARTS) is 2. The Balaban J connectivity index is 4.47. The fourth-order valence-electron chi connectivity index (χ4n) is 1.37. The van der Waals surface area contributed by atoms with E-state index in [0.29, 0.717) is 0 Å². The summed E-state index contributed by atoms with van der Waals surface area (Å²) in [5, 5.41) is 19.8. The van der Waals surface area contributed by atoms with Gasteiger partial charge in [-0.25, -0.2) is 4.79 Å². The molecule has 0 spiro atoms. The number of hydrogen-bond donors (Lipinski definition) is 4. The Morgan fingerprint density at radius 3 is 2.11 bits per heavy atom. The molecule has 0 radical (unpaired) electrons. The molecule has 0 saturated heterocycles. The van der Waals surface area contributed by atoms with E-state index in [1.165, 1.54) is 0 Å². The summed E-state index contributed by atoms with van der Waals surface area (Å²) in [5.41, 5.74) is 5.24. The Bertz CT molecular complexity index is 349. The van der Waals surface area contributed by atoms with E-state index >= 15 is 0 Å². The summed E-state index contributed by atoms with van der Waals surface area (Å²) >= 11 is 0. The summed E-state index contributed by atoms with van der Waals surface area (Å²) in [6, 6.07) is -1.94. The van der Waals surface area contributed by atoms with E-state index in [1.54, 1.807) is 20.8 Å². The van der Waals surface area contributed by atoms with Gasteiger partial charge in [-0.05, 0) is 18.3 Å². The van der Waals surface area contributed by atoms with Crippen molar-refractivity contribution in [2.45, 2.75) is 52.1 Å². The fourth-order valence-corrected chi connectivity index (χ4v) is 1.37. The molecule has 0 aliphatic carbocycles. The van der Waals surface area contributed by atoms with Crippen LogP contribution in [0.5, 0.6) is 0 Å². The van der Waals surface area contributed by atoms with Crippen molar-refractivity contribution in [1.82, 2.24) is 5.32 Å². The molecule has 0 fully saturated rings. The van der Waals surface area contributed by atoms with Crippen molar-refractivity contribution in [3.8, 4) is 0 Å². The van der Waals surface area contributed by atoms with Gasteiger partial charge in [-0.3, -0.25) is 9.59 Å². The highest BCUT2D eigenvalue weighted by Crippen LogP contribution is 2.17. The lowest BCUT2D eigenvalue weighted by Crippen LogP contribution is -2.53. The molecule has 0 aromatic heterocycles. The molecule has 0 rings (SSSR count). The molecule has 7 heteroatoms. The van der Waals surface area contributed by atoms with E-state index in [9.17, 15) is 14.4 Å². The lowest BCUT2D eigenvalue weighted by molar-refractivity contribution is -0.143. The topological polar surface area (TPSA) is 130 Å². The fraction of sp³-hybridized carbons (Fsp3) is 0.750. The molecule has 19 heavy (non-hydrogen) atoms. The van der Waals surface area contributed by atoms with Crippen molar-refractivity contribution in [1.29, 1.82) is 0 Å². The van der Waals surface area contributed by atoms with Gasteiger partial charge in [0, 0.05) is 6.42 Å². The van der Waals surface area contributed by atoms with Crippen LogP contribution in [-0.4, -0.2) is 40.1 Å². The van der Waals surface area contributed by atoms with Crippen LogP contribution in [0, 0.1) is 5.41 Å². The van der Waals surface area contributed by atoms with E-state index in [2.05, 4.69) is 5.32 Å². The summed E-state index contributed by atoms with van der Waals surface area (Å²) in [5.74, 6) is -2.74. The summed E-state index contributed by atoms with van der Waals surface area (Å²) < 4.78 is 0. The van der Waals surface area contributed by atoms with Crippen LogP contribution in [0.3, 0.4) is 0 Å². The zero-order chi connectivity index (χ0) is 15.2. The van der Waals surface area contributed by atoms with Gasteiger partial charge in [-0.15, -0.1) is 0 Å². The maximum Gasteiger partial charge on any atom is 0.326 e. The number of aliphatic carboxylic acids is 2. The SMILES string of the molecule is CC(C)(C)[C@@H](N)C(=O)N[C@H](CCCC(=O)O)C(=O)O. The second-order valence-corrected chi connectivity index (χ2v) is 5.53. The highest BCUT2D eigenvalue weighted by atomic mass is 16.4. The Kier molecular flexibility index (Phi) is 6.47. The molecule has 0 unspecified atom stereocenters. The van der Waals surface area contributed by atoms with Gasteiger partial charge in [-0.2, -0.15) is 0 Å². The zero-order valence-electron chi connectivity index (χ0n) is 11.5. The first-order chi connectivity index (χ1) is 8.55. The van der Waals surface area contributed by atoms with E-state index in [-0.39, 0.29) is 19.3 Å². The van der Waals surface area contributed by atoms with Crippen molar-refractivity contribution < 1.29 is 24.6 Å². The second kappa shape index (κ2) is 7.08. The number of carboxylic acids is 2. The third kappa shape index (κ3) is 6.76. The average Bonchev–Trinajstić information content (AvgIpc) is 2.24. The number of carbonyl (C=O) groups excluding carboxylic acids is 1. The number of amides is 1. The minimum Gasteiger partial charge on any atom is -0.481 e. The van der Waals surface area contributed by atoms with Crippen molar-refractivity contribution in [3.63, 3.8) is 0 Å². The molecule has 0 aromatic rings. The number of rotatable bonds is 7. The average molecular weight is 274 g/mol. The third-order valence-electron chi connectivity index (χ3n) is 2.71. The summed E-state index contributed by atoms with van der Waals surface area (Å²) in [6.45, 7) is 5.33. The smallest absolute Gasteiger partial charge is 0.326 e. The van der Waals surface area contributed by atoms with Gasteiger partial charge < -0.3 is 21.3 Å². The molecule has 0 bridgehead atoms. The predicted octanol–water partition coefficient (Wildman–Crippen LogP) is 0.184. The van der Waals surface area contributed by atoms with Crippen molar-refractivity contribution >= 4 is 17.8 Å². The molecule has 7 nitrogen and oxygen atoms in total. The maximum absolute atomic E-state index is 11.8. The van der Waals surface area contributed by atoms with E-state index in [0.717, 1.165) is 0 Å². The van der Waals surface area contributed by atoms with Crippen LogP contribution in [-0.2, 0) is 14.4 Å². The van der Waals surface area contributed by atoms with Crippen LogP contribution in [0.25, 0.3) is 0 Å². The molecule has 110 valence electrons. The minimum atomic E-state index is -1.19. The number of carbonyl (C=O) groups is 3. The van der Waals surface area contributed by atoms with E-state index in [1.807, 2.05) is 0 Å². The highest BCUT2D eigenvalue weighted by molar-refractivity contribution is 5.87. The Morgan fingerprint density at radius 2 is 1.74 bits per heavy atom. The molecule has 2 atom stereocenters. The van der Waals surface area contributed by atoms with Crippen LogP contribution in [0.2, 0.25) is 0 Å². The van der Waals surface area contributed by atoms with Gasteiger partial charge in [-0.1, -0.05) is 20.8 Å². The molecular formula is C12H22N2O5. The predicted molar refractivity (Wildman–Crippen MR) is 68.5 cm³/mol. The molecule has 0 aliphatic heterocycles. The van der Waals surface area contributed by atoms with Gasteiger partial charge >= 0.3 is 11.9 Å². The third-order valence-corrected chi connectivity index (χ3v) is 2.71. The monoisotopic (exact) mass is 274 g/mol. The quantitative estimate of drug-likeness (QED) is 0.524. The first-order valence-corrected chi connectivity index (χ1v) is 6.06. The largest absolute Gasteiger partial charge is 0.481 e. The second-order valence-electron chi connectivity index (χ2n) is 5.53. The summed E-state index contributed by atoms with van der Waals surface area (Å²) in [6.07, 6.45) is 0.104. The first kappa shape index (κ1) is 17.4. The van der Waals surface area contributed by atoms with Gasteiger partial charge in [0.05, 0.1) is 6.04 Å². The van der Waals surface area contributed by atoms with E-state index < -0.39 is 35.3 Å². The molecule has 0 aromatic carbocycles. The van der Waals surface area contributed by atoms with Gasteiger partial charge in [0.2, 0.25) is 5.91 Å². The minimum absolute atomic E-state index is 0.0598. The van der Waals surface area contributed by atoms with Crippen LogP contribution in [0.1, 0.15) is 40.0 Å². The highest BCUT2D eigenvalue weighted by Gasteiger charge is 2.30. The zero-order valence-corrected chi connectivity index (χ0v) is 11.5. The van der Waals surface area contributed by atoms with Crippen molar-refractivity contribution in [3.05, 3.63) is 0 Å². The van der Waals surface area contributed by atoms with Crippen molar-refractivity contribution in [2.24, 2.45) is 11.1 Å². The van der Waals surface area contributed by atoms with Gasteiger partial charge in [0.15, 0.2) is 0 Å². The molecule has 1 amide bonds. The Labute approximate surface area is 112 Å². The van der Waals surface area contributed by atoms with Crippen LogP contribution in [0.15, 0.2) is 0 Å². The normalized spacial score (nSPS) is 14.5. The number of nitrogens with two attached hydrogens (primary N) is 1. The van der Waals surface area contributed by atoms with Gasteiger partial charge in [0.1, 0.15) is 6.04 Å². The number of nitrogens with one attached hydrogen (secondary N) is 1.